The Bertz CT molecular complexity index is 929. The van der Waals surface area contributed by atoms with Crippen LogP contribution in [-0.4, -0.2) is 36.7 Å². The van der Waals surface area contributed by atoms with Crippen molar-refractivity contribution in [2.24, 2.45) is 23.7 Å². The maximum absolute atomic E-state index is 12.8. The quantitative estimate of drug-likeness (QED) is 0.372. The van der Waals surface area contributed by atoms with Gasteiger partial charge in [-0.1, -0.05) is 72.8 Å². The first-order valence-electron chi connectivity index (χ1n) is 10.2. The fourth-order valence-corrected chi connectivity index (χ4v) is 4.35. The Morgan fingerprint density at radius 3 is 1.42 bits per heavy atom. The minimum absolute atomic E-state index is 0.133. The zero-order valence-electron chi connectivity index (χ0n) is 16.8. The van der Waals surface area contributed by atoms with Crippen LogP contribution in [0, 0.1) is 23.7 Å². The normalized spacial score (nSPS) is 23.4. The van der Waals surface area contributed by atoms with Crippen LogP contribution in [0.4, 0.5) is 0 Å². The molecule has 4 atom stereocenters. The number of esters is 2. The lowest BCUT2D eigenvalue weighted by Gasteiger charge is -2.24. The molecule has 0 N–H and O–H groups in total. The van der Waals surface area contributed by atoms with Crippen LogP contribution in [0.3, 0.4) is 0 Å². The van der Waals surface area contributed by atoms with Crippen molar-refractivity contribution in [2.45, 2.75) is 6.42 Å². The second-order valence-electron chi connectivity index (χ2n) is 7.79. The van der Waals surface area contributed by atoms with Crippen LogP contribution in [-0.2, 0) is 19.1 Å². The summed E-state index contributed by atoms with van der Waals surface area (Å²) in [5.74, 6) is -3.47. The molecule has 2 bridgehead atoms. The summed E-state index contributed by atoms with van der Waals surface area (Å²) in [6.45, 7) is -0.760. The molecule has 0 radical (unpaired) electrons. The SMILES string of the molecule is O=C(COC(=O)C1C2C=CC(C2)C1C(=O)OCC(=O)c1ccccc1)c1ccccc1. The van der Waals surface area contributed by atoms with Gasteiger partial charge in [-0.2, -0.15) is 0 Å². The van der Waals surface area contributed by atoms with Crippen molar-refractivity contribution in [2.75, 3.05) is 13.2 Å². The van der Waals surface area contributed by atoms with Crippen LogP contribution in [0.2, 0.25) is 0 Å². The van der Waals surface area contributed by atoms with Gasteiger partial charge in [-0.05, 0) is 18.3 Å². The molecule has 0 saturated heterocycles. The predicted molar refractivity (Wildman–Crippen MR) is 111 cm³/mol. The highest BCUT2D eigenvalue weighted by atomic mass is 16.5. The topological polar surface area (TPSA) is 86.7 Å². The fraction of sp³-hybridized carbons (Fsp3) is 0.280. The monoisotopic (exact) mass is 418 g/mol. The number of allylic oxidation sites excluding steroid dienone is 2. The van der Waals surface area contributed by atoms with Crippen LogP contribution >= 0.6 is 0 Å². The van der Waals surface area contributed by atoms with Gasteiger partial charge in [-0.3, -0.25) is 19.2 Å². The summed E-state index contributed by atoms with van der Waals surface area (Å²) in [5.41, 5.74) is 0.914. The number of benzene rings is 2. The van der Waals surface area contributed by atoms with Gasteiger partial charge in [0, 0.05) is 11.1 Å². The predicted octanol–water partition coefficient (Wildman–Crippen LogP) is 3.28. The van der Waals surface area contributed by atoms with Gasteiger partial charge in [0.05, 0.1) is 11.8 Å². The molecule has 6 nitrogen and oxygen atoms in total. The van der Waals surface area contributed by atoms with Crippen LogP contribution < -0.4 is 0 Å². The molecule has 0 amide bonds. The Labute approximate surface area is 179 Å². The summed E-state index contributed by atoms with van der Waals surface area (Å²) in [4.78, 5) is 50.0. The summed E-state index contributed by atoms with van der Waals surface area (Å²) in [6.07, 6.45) is 4.47. The van der Waals surface area contributed by atoms with Gasteiger partial charge in [0.15, 0.2) is 24.8 Å². The van der Waals surface area contributed by atoms with Crippen molar-refractivity contribution in [3.05, 3.63) is 83.9 Å². The summed E-state index contributed by atoms with van der Waals surface area (Å²) in [6, 6.07) is 17.1. The molecular formula is C25H22O6. The first kappa shape index (κ1) is 20.7. The lowest BCUT2D eigenvalue weighted by Crippen LogP contribution is -2.36. The standard InChI is InChI=1S/C25H22O6/c26-20(16-7-3-1-4-8-16)14-30-24(28)22-18-11-12-19(13-18)23(22)25(29)31-15-21(27)17-9-5-2-6-10-17/h1-12,18-19,22-23H,13-15H2. The Morgan fingerprint density at radius 2 is 1.03 bits per heavy atom. The van der Waals surface area contributed by atoms with E-state index in [1.165, 1.54) is 0 Å². The van der Waals surface area contributed by atoms with Crippen molar-refractivity contribution >= 4 is 23.5 Å². The second-order valence-corrected chi connectivity index (χ2v) is 7.79. The van der Waals surface area contributed by atoms with E-state index in [2.05, 4.69) is 0 Å². The van der Waals surface area contributed by atoms with Gasteiger partial charge in [-0.25, -0.2) is 0 Å². The van der Waals surface area contributed by atoms with E-state index in [-0.39, 0.29) is 36.6 Å². The number of ketones is 2. The smallest absolute Gasteiger partial charge is 0.310 e. The maximum atomic E-state index is 12.8. The Morgan fingerprint density at radius 1 is 0.645 bits per heavy atom. The molecule has 2 aromatic carbocycles. The highest BCUT2D eigenvalue weighted by molar-refractivity contribution is 5.99. The molecule has 4 unspecified atom stereocenters. The first-order chi connectivity index (χ1) is 15.0. The van der Waals surface area contributed by atoms with Gasteiger partial charge in [0.1, 0.15) is 0 Å². The molecule has 2 aromatic rings. The molecule has 4 rings (SSSR count). The number of rotatable bonds is 8. The Hall–Kier alpha value is -3.54. The third-order valence-corrected chi connectivity index (χ3v) is 5.89. The fourth-order valence-electron chi connectivity index (χ4n) is 4.35. The van der Waals surface area contributed by atoms with Gasteiger partial charge in [0.25, 0.3) is 0 Å². The van der Waals surface area contributed by atoms with Crippen molar-refractivity contribution < 1.29 is 28.7 Å². The average molecular weight is 418 g/mol. The Kier molecular flexibility index (Phi) is 6.07. The average Bonchev–Trinajstić information content (AvgIpc) is 3.43. The number of ether oxygens (including phenoxy) is 2. The van der Waals surface area contributed by atoms with Gasteiger partial charge >= 0.3 is 11.9 Å². The molecule has 2 aliphatic carbocycles. The molecular weight excluding hydrogens is 396 g/mol. The maximum Gasteiger partial charge on any atom is 0.310 e. The number of carbonyl (C=O) groups excluding carboxylic acids is 4. The highest BCUT2D eigenvalue weighted by Crippen LogP contribution is 2.49. The largest absolute Gasteiger partial charge is 0.457 e. The molecule has 31 heavy (non-hydrogen) atoms. The van der Waals surface area contributed by atoms with E-state index in [9.17, 15) is 19.2 Å². The molecule has 0 spiro atoms. The van der Waals surface area contributed by atoms with E-state index in [4.69, 9.17) is 9.47 Å². The number of fused-ring (bicyclic) bond motifs is 2. The number of hydrogen-bond acceptors (Lipinski definition) is 6. The minimum atomic E-state index is -0.710. The van der Waals surface area contributed by atoms with Crippen LogP contribution in [0.1, 0.15) is 27.1 Å². The summed E-state index contributed by atoms with van der Waals surface area (Å²) in [7, 11) is 0. The van der Waals surface area contributed by atoms with E-state index in [0.29, 0.717) is 17.5 Å². The summed E-state index contributed by atoms with van der Waals surface area (Å²) in [5, 5.41) is 0. The van der Waals surface area contributed by atoms with Gasteiger partial charge in [0.2, 0.25) is 0 Å². The molecule has 6 heteroatoms. The molecule has 1 fully saturated rings. The lowest BCUT2D eigenvalue weighted by molar-refractivity contribution is -0.160. The van der Waals surface area contributed by atoms with E-state index < -0.39 is 23.8 Å². The van der Waals surface area contributed by atoms with Crippen molar-refractivity contribution in [3.63, 3.8) is 0 Å². The van der Waals surface area contributed by atoms with Crippen LogP contribution in [0.15, 0.2) is 72.8 Å². The zero-order chi connectivity index (χ0) is 21.8. The van der Waals surface area contributed by atoms with E-state index in [1.54, 1.807) is 60.7 Å². The van der Waals surface area contributed by atoms with Gasteiger partial charge in [-0.15, -0.1) is 0 Å². The number of hydrogen-bond donors (Lipinski definition) is 0. The second kappa shape index (κ2) is 9.08. The zero-order valence-corrected chi connectivity index (χ0v) is 16.8. The Balaban J connectivity index is 1.37. The first-order valence-corrected chi connectivity index (χ1v) is 10.2. The lowest BCUT2D eigenvalue weighted by atomic mass is 9.83. The van der Waals surface area contributed by atoms with E-state index >= 15 is 0 Å². The molecule has 0 aliphatic heterocycles. The minimum Gasteiger partial charge on any atom is -0.457 e. The molecule has 1 saturated carbocycles. The molecule has 158 valence electrons. The van der Waals surface area contributed by atoms with Gasteiger partial charge < -0.3 is 9.47 Å². The van der Waals surface area contributed by atoms with Crippen molar-refractivity contribution in [1.82, 2.24) is 0 Å². The number of carbonyl (C=O) groups is 4. The molecule has 2 aliphatic rings. The van der Waals surface area contributed by atoms with E-state index in [0.717, 1.165) is 0 Å². The third-order valence-electron chi connectivity index (χ3n) is 5.89. The van der Waals surface area contributed by atoms with Crippen molar-refractivity contribution in [3.8, 4) is 0 Å². The van der Waals surface area contributed by atoms with E-state index in [1.807, 2.05) is 12.2 Å². The van der Waals surface area contributed by atoms with Crippen molar-refractivity contribution in [1.29, 1.82) is 0 Å². The number of Topliss-reactive ketones (excluding diaryl/α,β-unsaturated/α-hetero) is 2. The van der Waals surface area contributed by atoms with Crippen LogP contribution in [0.5, 0.6) is 0 Å². The van der Waals surface area contributed by atoms with Crippen LogP contribution in [0.25, 0.3) is 0 Å². The third kappa shape index (κ3) is 4.48. The summed E-state index contributed by atoms with van der Waals surface area (Å²) < 4.78 is 10.5. The molecule has 0 heterocycles. The highest BCUT2D eigenvalue weighted by Gasteiger charge is 2.53. The summed E-state index contributed by atoms with van der Waals surface area (Å²) >= 11 is 0. The molecule has 0 aromatic heterocycles.